The van der Waals surface area contributed by atoms with Crippen molar-refractivity contribution in [2.24, 2.45) is 0 Å². The van der Waals surface area contributed by atoms with Crippen LogP contribution in [0.5, 0.6) is 0 Å². The first-order valence-corrected chi connectivity index (χ1v) is 6.22. The molecule has 0 aliphatic carbocycles. The van der Waals surface area contributed by atoms with Crippen LogP contribution in [0.25, 0.3) is 10.2 Å². The van der Waals surface area contributed by atoms with E-state index >= 15 is 0 Å². The fraction of sp³-hybridized carbons (Fsp3) is 0.182. The fourth-order valence-electron chi connectivity index (χ4n) is 1.63. The third kappa shape index (κ3) is 1.87. The van der Waals surface area contributed by atoms with Gasteiger partial charge in [-0.2, -0.15) is 5.10 Å². The Balaban J connectivity index is 1.96. The van der Waals surface area contributed by atoms with Gasteiger partial charge in [0.2, 0.25) is 0 Å². The Hall–Kier alpha value is -1.95. The Labute approximate surface area is 102 Å². The Morgan fingerprint density at radius 1 is 1.41 bits per heavy atom. The number of anilines is 2. The summed E-state index contributed by atoms with van der Waals surface area (Å²) >= 11 is 1.61. The van der Waals surface area contributed by atoms with Crippen LogP contribution in [0, 0.1) is 0 Å². The number of hydrogen-bond donors (Lipinski definition) is 1. The van der Waals surface area contributed by atoms with Gasteiger partial charge in [0.25, 0.3) is 0 Å². The van der Waals surface area contributed by atoms with Crippen molar-refractivity contribution < 1.29 is 0 Å². The number of thiophene rings is 1. The predicted octanol–water partition coefficient (Wildman–Crippen LogP) is 2.65. The summed E-state index contributed by atoms with van der Waals surface area (Å²) in [5, 5.41) is 10.5. The van der Waals surface area contributed by atoms with E-state index in [4.69, 9.17) is 0 Å². The Kier molecular flexibility index (Phi) is 2.49. The molecular formula is C11H11N5S. The van der Waals surface area contributed by atoms with Gasteiger partial charge in [0.1, 0.15) is 17.0 Å². The standard InChI is InChI=1S/C11H11N5S/c1-2-16-6-8(5-14-16)15-10-9-3-4-17-11(9)13-7-12-10/h3-7H,2H2,1H3,(H,12,13,15). The topological polar surface area (TPSA) is 55.6 Å². The van der Waals surface area contributed by atoms with E-state index in [1.54, 1.807) is 23.9 Å². The molecule has 0 atom stereocenters. The predicted molar refractivity (Wildman–Crippen MR) is 68.6 cm³/mol. The first-order chi connectivity index (χ1) is 8.36. The second-order valence-electron chi connectivity index (χ2n) is 3.57. The lowest BCUT2D eigenvalue weighted by molar-refractivity contribution is 0.660. The molecule has 0 spiro atoms. The van der Waals surface area contributed by atoms with Crippen molar-refractivity contribution in [3.05, 3.63) is 30.2 Å². The molecule has 0 amide bonds. The maximum atomic E-state index is 4.26. The number of rotatable bonds is 3. The van der Waals surface area contributed by atoms with E-state index in [2.05, 4.69) is 27.3 Å². The summed E-state index contributed by atoms with van der Waals surface area (Å²) < 4.78 is 1.87. The average molecular weight is 245 g/mol. The highest BCUT2D eigenvalue weighted by Crippen LogP contribution is 2.25. The lowest BCUT2D eigenvalue weighted by Gasteiger charge is -2.02. The first-order valence-electron chi connectivity index (χ1n) is 5.34. The highest BCUT2D eigenvalue weighted by Gasteiger charge is 2.05. The Morgan fingerprint density at radius 3 is 3.18 bits per heavy atom. The van der Waals surface area contributed by atoms with Crippen molar-refractivity contribution in [3.63, 3.8) is 0 Å². The van der Waals surface area contributed by atoms with Gasteiger partial charge >= 0.3 is 0 Å². The molecule has 0 saturated carbocycles. The van der Waals surface area contributed by atoms with Crippen LogP contribution in [-0.4, -0.2) is 19.7 Å². The maximum Gasteiger partial charge on any atom is 0.142 e. The van der Waals surface area contributed by atoms with Gasteiger partial charge in [-0.3, -0.25) is 4.68 Å². The quantitative estimate of drug-likeness (QED) is 0.770. The third-order valence-corrected chi connectivity index (χ3v) is 3.30. The van der Waals surface area contributed by atoms with Crippen molar-refractivity contribution in [3.8, 4) is 0 Å². The molecule has 5 nitrogen and oxygen atoms in total. The van der Waals surface area contributed by atoms with Crippen molar-refractivity contribution in [2.45, 2.75) is 13.5 Å². The maximum absolute atomic E-state index is 4.26. The summed E-state index contributed by atoms with van der Waals surface area (Å²) in [7, 11) is 0. The molecule has 3 heterocycles. The fourth-order valence-corrected chi connectivity index (χ4v) is 2.36. The minimum absolute atomic E-state index is 0.826. The first kappa shape index (κ1) is 10.2. The molecule has 0 aromatic carbocycles. The van der Waals surface area contributed by atoms with Gasteiger partial charge in [0, 0.05) is 12.7 Å². The number of nitrogens with one attached hydrogen (secondary N) is 1. The molecule has 0 radical (unpaired) electrons. The summed E-state index contributed by atoms with van der Waals surface area (Å²) in [6.45, 7) is 2.91. The van der Waals surface area contributed by atoms with Crippen LogP contribution in [0.15, 0.2) is 30.2 Å². The average Bonchev–Trinajstić information content (AvgIpc) is 2.97. The lowest BCUT2D eigenvalue weighted by Crippen LogP contribution is -1.94. The normalized spacial score (nSPS) is 10.9. The highest BCUT2D eigenvalue weighted by atomic mass is 32.1. The van der Waals surface area contributed by atoms with Gasteiger partial charge in [0.15, 0.2) is 0 Å². The van der Waals surface area contributed by atoms with Crippen molar-refractivity contribution in [1.29, 1.82) is 0 Å². The van der Waals surface area contributed by atoms with Crippen LogP contribution >= 0.6 is 11.3 Å². The van der Waals surface area contributed by atoms with Gasteiger partial charge in [-0.1, -0.05) is 0 Å². The van der Waals surface area contributed by atoms with Crippen molar-refractivity contribution >= 4 is 33.1 Å². The van der Waals surface area contributed by atoms with E-state index in [0.717, 1.165) is 28.3 Å². The van der Waals surface area contributed by atoms with Crippen LogP contribution in [0.2, 0.25) is 0 Å². The van der Waals surface area contributed by atoms with Gasteiger partial charge in [-0.15, -0.1) is 11.3 Å². The van der Waals surface area contributed by atoms with E-state index in [-0.39, 0.29) is 0 Å². The third-order valence-electron chi connectivity index (χ3n) is 2.48. The Bertz CT molecular complexity index is 642. The second kappa shape index (κ2) is 4.14. The molecule has 1 N–H and O–H groups in total. The number of aromatic nitrogens is 4. The molecule has 0 saturated heterocycles. The largest absolute Gasteiger partial charge is 0.337 e. The number of fused-ring (bicyclic) bond motifs is 1. The minimum Gasteiger partial charge on any atom is -0.337 e. The molecule has 3 aromatic rings. The molecule has 0 unspecified atom stereocenters. The van der Waals surface area contributed by atoms with Gasteiger partial charge in [0.05, 0.1) is 17.3 Å². The zero-order chi connectivity index (χ0) is 11.7. The van der Waals surface area contributed by atoms with E-state index in [1.807, 2.05) is 22.3 Å². The van der Waals surface area contributed by atoms with Gasteiger partial charge < -0.3 is 5.32 Å². The van der Waals surface area contributed by atoms with Gasteiger partial charge in [-0.25, -0.2) is 9.97 Å². The molecule has 0 bridgehead atoms. The summed E-state index contributed by atoms with van der Waals surface area (Å²) in [5.74, 6) is 0.826. The van der Waals surface area contributed by atoms with Crippen LogP contribution in [0.1, 0.15) is 6.92 Å². The van der Waals surface area contributed by atoms with Crippen LogP contribution < -0.4 is 5.32 Å². The smallest absolute Gasteiger partial charge is 0.142 e. The number of aryl methyl sites for hydroxylation is 1. The summed E-state index contributed by atoms with van der Waals surface area (Å²) in [4.78, 5) is 9.46. The van der Waals surface area contributed by atoms with Crippen molar-refractivity contribution in [2.75, 3.05) is 5.32 Å². The SMILES string of the molecule is CCn1cc(Nc2ncnc3sccc23)cn1. The lowest BCUT2D eigenvalue weighted by atomic mass is 10.4. The molecule has 0 fully saturated rings. The molecule has 0 aliphatic heterocycles. The van der Waals surface area contributed by atoms with E-state index in [0.29, 0.717) is 0 Å². The second-order valence-corrected chi connectivity index (χ2v) is 4.47. The van der Waals surface area contributed by atoms with Crippen LogP contribution in [0.4, 0.5) is 11.5 Å². The molecule has 3 aromatic heterocycles. The molecular weight excluding hydrogens is 234 g/mol. The molecule has 86 valence electrons. The number of hydrogen-bond acceptors (Lipinski definition) is 5. The summed E-state index contributed by atoms with van der Waals surface area (Å²) in [5.41, 5.74) is 0.943. The highest BCUT2D eigenvalue weighted by molar-refractivity contribution is 7.16. The zero-order valence-electron chi connectivity index (χ0n) is 9.29. The van der Waals surface area contributed by atoms with Crippen molar-refractivity contribution in [1.82, 2.24) is 19.7 Å². The molecule has 0 aliphatic rings. The molecule has 17 heavy (non-hydrogen) atoms. The van der Waals surface area contributed by atoms with E-state index in [9.17, 15) is 0 Å². The number of nitrogens with zero attached hydrogens (tertiary/aromatic N) is 4. The minimum atomic E-state index is 0.826. The van der Waals surface area contributed by atoms with Gasteiger partial charge in [-0.05, 0) is 18.4 Å². The molecule has 6 heteroatoms. The summed E-state index contributed by atoms with van der Waals surface area (Å²) in [6.07, 6.45) is 5.33. The van der Waals surface area contributed by atoms with Crippen LogP contribution in [0.3, 0.4) is 0 Å². The monoisotopic (exact) mass is 245 g/mol. The molecule has 3 rings (SSSR count). The zero-order valence-corrected chi connectivity index (χ0v) is 10.1. The summed E-state index contributed by atoms with van der Waals surface area (Å²) in [6, 6.07) is 2.02. The van der Waals surface area contributed by atoms with E-state index in [1.165, 1.54) is 0 Å². The Morgan fingerprint density at radius 2 is 2.35 bits per heavy atom. The van der Waals surface area contributed by atoms with E-state index < -0.39 is 0 Å². The van der Waals surface area contributed by atoms with Crippen LogP contribution in [-0.2, 0) is 6.54 Å².